The molecule has 0 amide bonds. The van der Waals surface area contributed by atoms with Gasteiger partial charge in [0.15, 0.2) is 0 Å². The van der Waals surface area contributed by atoms with Gasteiger partial charge in [-0.05, 0) is 19.3 Å². The quantitative estimate of drug-likeness (QED) is 0.687. The van der Waals surface area contributed by atoms with E-state index < -0.39 is 0 Å². The van der Waals surface area contributed by atoms with Crippen LogP contribution in [0.1, 0.15) is 25.5 Å². The van der Waals surface area contributed by atoms with Crippen LogP contribution in [0.25, 0.3) is 22.5 Å². The number of hydrogen-bond donors (Lipinski definition) is 0. The van der Waals surface area contributed by atoms with Gasteiger partial charge < -0.3 is 9.30 Å². The Morgan fingerprint density at radius 2 is 1.57 bits per heavy atom. The zero-order valence-corrected chi connectivity index (χ0v) is 13.1. The molecule has 1 atom stereocenters. The van der Waals surface area contributed by atoms with E-state index in [2.05, 4.69) is 53.1 Å². The zero-order chi connectivity index (χ0) is 15.5. The van der Waals surface area contributed by atoms with Crippen molar-refractivity contribution in [3.05, 3.63) is 67.0 Å². The SMILES string of the molecule is c1ccc(-c2ncn(C3CCCCO3)c2-c2ccccc2)cc1. The van der Waals surface area contributed by atoms with E-state index in [9.17, 15) is 0 Å². The van der Waals surface area contributed by atoms with Crippen molar-refractivity contribution < 1.29 is 4.74 Å². The highest BCUT2D eigenvalue weighted by Crippen LogP contribution is 2.35. The van der Waals surface area contributed by atoms with Crippen LogP contribution in [0.4, 0.5) is 0 Å². The molecule has 1 saturated heterocycles. The summed E-state index contributed by atoms with van der Waals surface area (Å²) in [6.45, 7) is 0.831. The molecule has 0 spiro atoms. The first-order chi connectivity index (χ1) is 11.4. The fourth-order valence-corrected chi connectivity index (χ4v) is 3.21. The van der Waals surface area contributed by atoms with E-state index in [-0.39, 0.29) is 6.23 Å². The van der Waals surface area contributed by atoms with E-state index in [1.165, 1.54) is 12.0 Å². The highest BCUT2D eigenvalue weighted by atomic mass is 16.5. The average Bonchev–Trinajstić information content (AvgIpc) is 3.09. The minimum absolute atomic E-state index is 0.0870. The molecule has 0 saturated carbocycles. The lowest BCUT2D eigenvalue weighted by molar-refractivity contribution is -0.0310. The minimum Gasteiger partial charge on any atom is -0.358 e. The topological polar surface area (TPSA) is 27.1 Å². The van der Waals surface area contributed by atoms with Crippen LogP contribution < -0.4 is 0 Å². The maximum Gasteiger partial charge on any atom is 0.135 e. The first-order valence-electron chi connectivity index (χ1n) is 8.23. The Balaban J connectivity index is 1.85. The second kappa shape index (κ2) is 6.39. The molecule has 3 aromatic rings. The van der Waals surface area contributed by atoms with Crippen LogP contribution in [-0.4, -0.2) is 16.2 Å². The van der Waals surface area contributed by atoms with Gasteiger partial charge in [-0.3, -0.25) is 0 Å². The van der Waals surface area contributed by atoms with Crippen LogP contribution in [0.2, 0.25) is 0 Å². The van der Waals surface area contributed by atoms with Gasteiger partial charge in [0, 0.05) is 17.7 Å². The van der Waals surface area contributed by atoms with E-state index in [4.69, 9.17) is 9.72 Å². The number of ether oxygens (including phenoxy) is 1. The summed E-state index contributed by atoms with van der Waals surface area (Å²) in [6.07, 6.45) is 5.42. The van der Waals surface area contributed by atoms with Crippen LogP contribution in [0.3, 0.4) is 0 Å². The molecule has 0 bridgehead atoms. The van der Waals surface area contributed by atoms with Crippen LogP contribution in [0.15, 0.2) is 67.0 Å². The Hall–Kier alpha value is -2.39. The summed E-state index contributed by atoms with van der Waals surface area (Å²) in [5.74, 6) is 0. The first kappa shape index (κ1) is 14.2. The number of hydrogen-bond acceptors (Lipinski definition) is 2. The van der Waals surface area contributed by atoms with Crippen molar-refractivity contribution in [3.63, 3.8) is 0 Å². The third-order valence-electron chi connectivity index (χ3n) is 4.35. The van der Waals surface area contributed by atoms with E-state index >= 15 is 0 Å². The van der Waals surface area contributed by atoms with Gasteiger partial charge >= 0.3 is 0 Å². The Bertz CT molecular complexity index is 759. The van der Waals surface area contributed by atoms with Crippen molar-refractivity contribution in [3.8, 4) is 22.5 Å². The number of nitrogens with zero attached hydrogens (tertiary/aromatic N) is 2. The molecule has 2 heterocycles. The molecule has 1 aliphatic rings. The van der Waals surface area contributed by atoms with Crippen molar-refractivity contribution in [2.24, 2.45) is 0 Å². The summed E-state index contributed by atoms with van der Waals surface area (Å²) >= 11 is 0. The molecule has 3 nitrogen and oxygen atoms in total. The molecule has 1 aromatic heterocycles. The minimum atomic E-state index is 0.0870. The summed E-state index contributed by atoms with van der Waals surface area (Å²) in [5, 5.41) is 0. The molecule has 0 radical (unpaired) electrons. The summed E-state index contributed by atoms with van der Waals surface area (Å²) in [6, 6.07) is 20.8. The maximum atomic E-state index is 6.00. The van der Waals surface area contributed by atoms with Crippen molar-refractivity contribution in [1.82, 2.24) is 9.55 Å². The van der Waals surface area contributed by atoms with E-state index in [1.807, 2.05) is 18.5 Å². The lowest BCUT2D eigenvalue weighted by atomic mass is 10.0. The van der Waals surface area contributed by atoms with Crippen LogP contribution in [-0.2, 0) is 4.74 Å². The predicted molar refractivity (Wildman–Crippen MR) is 91.9 cm³/mol. The smallest absolute Gasteiger partial charge is 0.135 e. The summed E-state index contributed by atoms with van der Waals surface area (Å²) in [7, 11) is 0. The molecule has 1 unspecified atom stereocenters. The monoisotopic (exact) mass is 304 g/mol. The highest BCUT2D eigenvalue weighted by molar-refractivity contribution is 5.78. The standard InChI is InChI=1S/C20H20N2O/c1-3-9-16(10-4-1)19-20(17-11-5-2-6-12-17)22(15-21-19)18-13-7-8-14-23-18/h1-6,9-12,15,18H,7-8,13-14H2. The van der Waals surface area contributed by atoms with Gasteiger partial charge in [-0.15, -0.1) is 0 Å². The molecule has 1 aliphatic heterocycles. The fraction of sp³-hybridized carbons (Fsp3) is 0.250. The Morgan fingerprint density at radius 3 is 2.22 bits per heavy atom. The van der Waals surface area contributed by atoms with Crippen molar-refractivity contribution >= 4 is 0 Å². The molecule has 2 aromatic carbocycles. The lowest BCUT2D eigenvalue weighted by Crippen LogP contribution is -2.18. The summed E-state index contributed by atoms with van der Waals surface area (Å²) in [5.41, 5.74) is 4.48. The van der Waals surface area contributed by atoms with Crippen molar-refractivity contribution in [2.75, 3.05) is 6.61 Å². The van der Waals surface area contributed by atoms with Gasteiger partial charge in [-0.25, -0.2) is 4.98 Å². The molecule has 0 aliphatic carbocycles. The largest absolute Gasteiger partial charge is 0.358 e. The number of aromatic nitrogens is 2. The number of imidazole rings is 1. The lowest BCUT2D eigenvalue weighted by Gasteiger charge is -2.25. The Kier molecular flexibility index (Phi) is 3.95. The molecule has 4 rings (SSSR count). The third-order valence-corrected chi connectivity index (χ3v) is 4.35. The normalized spacial score (nSPS) is 18.0. The maximum absolute atomic E-state index is 6.00. The number of benzene rings is 2. The van der Waals surface area contributed by atoms with Gasteiger partial charge in [-0.1, -0.05) is 60.7 Å². The van der Waals surface area contributed by atoms with Crippen LogP contribution in [0.5, 0.6) is 0 Å². The summed E-state index contributed by atoms with van der Waals surface area (Å²) < 4.78 is 8.20. The Labute approximate surface area is 136 Å². The van der Waals surface area contributed by atoms with Gasteiger partial charge in [0.2, 0.25) is 0 Å². The van der Waals surface area contributed by atoms with Gasteiger partial charge in [0.05, 0.1) is 17.7 Å². The second-order valence-corrected chi connectivity index (χ2v) is 5.90. The molecular formula is C20H20N2O. The van der Waals surface area contributed by atoms with Gasteiger partial charge in [0.25, 0.3) is 0 Å². The van der Waals surface area contributed by atoms with Crippen molar-refractivity contribution in [2.45, 2.75) is 25.5 Å². The molecule has 116 valence electrons. The second-order valence-electron chi connectivity index (χ2n) is 5.90. The number of rotatable bonds is 3. The van der Waals surface area contributed by atoms with Gasteiger partial charge in [-0.2, -0.15) is 0 Å². The molecular weight excluding hydrogens is 284 g/mol. The summed E-state index contributed by atoms with van der Waals surface area (Å²) in [4.78, 5) is 4.72. The highest BCUT2D eigenvalue weighted by Gasteiger charge is 2.22. The molecule has 3 heteroatoms. The fourth-order valence-electron chi connectivity index (χ4n) is 3.21. The third kappa shape index (κ3) is 2.80. The van der Waals surface area contributed by atoms with E-state index in [0.717, 1.165) is 36.4 Å². The predicted octanol–water partition coefficient (Wildman–Crippen LogP) is 4.92. The van der Waals surface area contributed by atoms with Gasteiger partial charge in [0.1, 0.15) is 6.23 Å². The van der Waals surface area contributed by atoms with E-state index in [0.29, 0.717) is 0 Å². The molecule has 23 heavy (non-hydrogen) atoms. The molecule has 1 fully saturated rings. The first-order valence-corrected chi connectivity index (χ1v) is 8.23. The molecule has 0 N–H and O–H groups in total. The van der Waals surface area contributed by atoms with Crippen LogP contribution >= 0.6 is 0 Å². The Morgan fingerprint density at radius 1 is 0.870 bits per heavy atom. The van der Waals surface area contributed by atoms with Crippen LogP contribution in [0, 0.1) is 0 Å². The zero-order valence-electron chi connectivity index (χ0n) is 13.1. The van der Waals surface area contributed by atoms with E-state index in [1.54, 1.807) is 0 Å². The van der Waals surface area contributed by atoms with Crippen molar-refractivity contribution in [1.29, 1.82) is 0 Å². The average molecular weight is 304 g/mol.